The monoisotopic (exact) mass is 285 g/mol. The molecule has 0 spiro atoms. The van der Waals surface area contributed by atoms with Gasteiger partial charge >= 0.3 is 5.97 Å². The Balaban J connectivity index is 2.23. The lowest BCUT2D eigenvalue weighted by Crippen LogP contribution is -2.15. The van der Waals surface area contributed by atoms with Gasteiger partial charge < -0.3 is 5.11 Å². The first-order valence-corrected chi connectivity index (χ1v) is 6.92. The van der Waals surface area contributed by atoms with Crippen LogP contribution in [-0.2, 0) is 17.6 Å². The fraction of sp³-hybridized carbons (Fsp3) is 0.375. The summed E-state index contributed by atoms with van der Waals surface area (Å²) in [6, 6.07) is 3.88. The molecule has 0 amide bonds. The molecule has 1 atom stereocenters. The van der Waals surface area contributed by atoms with Crippen LogP contribution in [-0.4, -0.2) is 26.0 Å². The van der Waals surface area contributed by atoms with Gasteiger partial charge in [-0.3, -0.25) is 9.78 Å². The third-order valence-electron chi connectivity index (χ3n) is 3.51. The second kappa shape index (κ2) is 6.43. The van der Waals surface area contributed by atoms with Gasteiger partial charge in [0, 0.05) is 30.2 Å². The summed E-state index contributed by atoms with van der Waals surface area (Å²) < 4.78 is 0. The summed E-state index contributed by atoms with van der Waals surface area (Å²) in [4.78, 5) is 24.0. The second-order valence-electron chi connectivity index (χ2n) is 5.26. The van der Waals surface area contributed by atoms with Gasteiger partial charge in [0.05, 0.1) is 5.92 Å². The van der Waals surface area contributed by atoms with Crippen molar-refractivity contribution < 1.29 is 9.90 Å². The molecular formula is C16H19N3O2. The predicted molar refractivity (Wildman–Crippen MR) is 79.1 cm³/mol. The van der Waals surface area contributed by atoms with E-state index in [9.17, 15) is 4.79 Å². The highest BCUT2D eigenvalue weighted by Crippen LogP contribution is 2.17. The molecule has 5 heteroatoms. The first kappa shape index (κ1) is 15.1. The van der Waals surface area contributed by atoms with E-state index in [-0.39, 0.29) is 0 Å². The molecule has 0 radical (unpaired) electrons. The number of nitrogens with zero attached hydrogens (tertiary/aromatic N) is 3. The Bertz CT molecular complexity index is 618. The van der Waals surface area contributed by atoms with Crippen molar-refractivity contribution >= 4 is 5.97 Å². The molecule has 0 aliphatic carbocycles. The Morgan fingerprint density at radius 3 is 2.29 bits per heavy atom. The zero-order chi connectivity index (χ0) is 15.4. The zero-order valence-electron chi connectivity index (χ0n) is 12.5. The van der Waals surface area contributed by atoms with E-state index in [4.69, 9.17) is 5.11 Å². The van der Waals surface area contributed by atoms with Crippen molar-refractivity contribution in [2.24, 2.45) is 5.92 Å². The van der Waals surface area contributed by atoms with Crippen molar-refractivity contribution in [3.8, 4) is 0 Å². The van der Waals surface area contributed by atoms with Crippen LogP contribution < -0.4 is 0 Å². The van der Waals surface area contributed by atoms with E-state index in [1.54, 1.807) is 19.3 Å². The van der Waals surface area contributed by atoms with Crippen molar-refractivity contribution in [3.05, 3.63) is 52.9 Å². The fourth-order valence-electron chi connectivity index (χ4n) is 2.26. The van der Waals surface area contributed by atoms with Crippen LogP contribution in [0.1, 0.15) is 35.3 Å². The lowest BCUT2D eigenvalue weighted by molar-refractivity contribution is -0.141. The average molecular weight is 285 g/mol. The lowest BCUT2D eigenvalue weighted by Gasteiger charge is -2.13. The number of hydrogen-bond acceptors (Lipinski definition) is 4. The number of carboxylic acids is 1. The van der Waals surface area contributed by atoms with E-state index < -0.39 is 11.9 Å². The van der Waals surface area contributed by atoms with E-state index in [1.807, 2.05) is 26.0 Å². The molecule has 2 aromatic heterocycles. The minimum atomic E-state index is -0.797. The van der Waals surface area contributed by atoms with E-state index in [1.165, 1.54) is 0 Å². The van der Waals surface area contributed by atoms with Gasteiger partial charge in [-0.15, -0.1) is 0 Å². The largest absolute Gasteiger partial charge is 0.481 e. The molecule has 5 nitrogen and oxygen atoms in total. The minimum absolute atomic E-state index is 0.433. The van der Waals surface area contributed by atoms with Gasteiger partial charge in [0.2, 0.25) is 0 Å². The summed E-state index contributed by atoms with van der Waals surface area (Å²) in [6.45, 7) is 5.52. The van der Waals surface area contributed by atoms with Crippen LogP contribution >= 0.6 is 0 Å². The second-order valence-corrected chi connectivity index (χ2v) is 5.26. The Hall–Kier alpha value is -2.30. The number of aromatic nitrogens is 3. The number of carbonyl (C=O) groups is 1. The summed E-state index contributed by atoms with van der Waals surface area (Å²) in [5.74, 6) is -0.477. The molecule has 0 bridgehead atoms. The predicted octanol–water partition coefficient (Wildman–Crippen LogP) is 2.34. The summed E-state index contributed by atoms with van der Waals surface area (Å²) in [5.41, 5.74) is 3.76. The maximum Gasteiger partial charge on any atom is 0.306 e. The summed E-state index contributed by atoms with van der Waals surface area (Å²) in [5, 5.41) is 9.03. The van der Waals surface area contributed by atoms with E-state index in [0.717, 1.165) is 28.3 Å². The van der Waals surface area contributed by atoms with E-state index in [2.05, 4.69) is 15.0 Å². The SMILES string of the molecule is Cc1nc(Cc2ccncc2)nc(C)c1CC(C)C(=O)O. The molecule has 0 aliphatic rings. The van der Waals surface area contributed by atoms with E-state index >= 15 is 0 Å². The maximum absolute atomic E-state index is 11.0. The molecule has 2 rings (SSSR count). The molecule has 0 aliphatic heterocycles. The molecule has 0 saturated carbocycles. The Morgan fingerprint density at radius 2 is 1.76 bits per heavy atom. The van der Waals surface area contributed by atoms with Crippen LogP contribution in [0.25, 0.3) is 0 Å². The van der Waals surface area contributed by atoms with Crippen LogP contribution in [0, 0.1) is 19.8 Å². The highest BCUT2D eigenvalue weighted by Gasteiger charge is 2.16. The van der Waals surface area contributed by atoms with Crippen LogP contribution in [0.4, 0.5) is 0 Å². The van der Waals surface area contributed by atoms with Gasteiger partial charge in [0.25, 0.3) is 0 Å². The van der Waals surface area contributed by atoms with Gasteiger partial charge in [-0.05, 0) is 43.5 Å². The minimum Gasteiger partial charge on any atom is -0.481 e. The first-order valence-electron chi connectivity index (χ1n) is 6.92. The zero-order valence-corrected chi connectivity index (χ0v) is 12.5. The van der Waals surface area contributed by atoms with Gasteiger partial charge in [0.15, 0.2) is 0 Å². The van der Waals surface area contributed by atoms with Gasteiger partial charge in [-0.2, -0.15) is 0 Å². The molecule has 2 aromatic rings. The Labute approximate surface area is 124 Å². The fourth-order valence-corrected chi connectivity index (χ4v) is 2.26. The van der Waals surface area contributed by atoms with Crippen molar-refractivity contribution in [2.75, 3.05) is 0 Å². The molecule has 0 saturated heterocycles. The number of aliphatic carboxylic acids is 1. The van der Waals surface area contributed by atoms with Crippen molar-refractivity contribution in [1.82, 2.24) is 15.0 Å². The third-order valence-corrected chi connectivity index (χ3v) is 3.51. The molecular weight excluding hydrogens is 266 g/mol. The number of hydrogen-bond donors (Lipinski definition) is 1. The molecule has 21 heavy (non-hydrogen) atoms. The average Bonchev–Trinajstić information content (AvgIpc) is 2.43. The summed E-state index contributed by atoms with van der Waals surface area (Å²) >= 11 is 0. The van der Waals surface area contributed by atoms with Crippen molar-refractivity contribution in [3.63, 3.8) is 0 Å². The van der Waals surface area contributed by atoms with Crippen molar-refractivity contribution in [1.29, 1.82) is 0 Å². The lowest BCUT2D eigenvalue weighted by atomic mass is 9.99. The summed E-state index contributed by atoms with van der Waals surface area (Å²) in [6.07, 6.45) is 4.61. The smallest absolute Gasteiger partial charge is 0.306 e. The topological polar surface area (TPSA) is 76.0 Å². The van der Waals surface area contributed by atoms with Crippen LogP contribution in [0.3, 0.4) is 0 Å². The molecule has 0 fully saturated rings. The van der Waals surface area contributed by atoms with Gasteiger partial charge in [0.1, 0.15) is 5.82 Å². The third kappa shape index (κ3) is 3.84. The first-order chi connectivity index (χ1) is 9.97. The van der Waals surface area contributed by atoms with Gasteiger partial charge in [-0.1, -0.05) is 6.92 Å². The standard InChI is InChI=1S/C16H19N3O2/c1-10(16(20)21)8-14-11(2)18-15(19-12(14)3)9-13-4-6-17-7-5-13/h4-7,10H,8-9H2,1-3H3,(H,20,21). The molecule has 0 aromatic carbocycles. The normalized spacial score (nSPS) is 12.1. The maximum atomic E-state index is 11.0. The van der Waals surface area contributed by atoms with E-state index in [0.29, 0.717) is 12.8 Å². The number of rotatable bonds is 5. The number of carboxylic acid groups (broad SMARTS) is 1. The quantitative estimate of drug-likeness (QED) is 0.912. The van der Waals surface area contributed by atoms with Crippen molar-refractivity contribution in [2.45, 2.75) is 33.6 Å². The Kier molecular flexibility index (Phi) is 4.62. The number of pyridine rings is 1. The number of aryl methyl sites for hydroxylation is 2. The van der Waals surface area contributed by atoms with Crippen LogP contribution in [0.15, 0.2) is 24.5 Å². The highest BCUT2D eigenvalue weighted by molar-refractivity contribution is 5.70. The molecule has 1 N–H and O–H groups in total. The Morgan fingerprint density at radius 1 is 1.19 bits per heavy atom. The van der Waals surface area contributed by atoms with Gasteiger partial charge in [-0.25, -0.2) is 9.97 Å². The van der Waals surface area contributed by atoms with Crippen LogP contribution in [0.2, 0.25) is 0 Å². The molecule has 1 unspecified atom stereocenters. The highest BCUT2D eigenvalue weighted by atomic mass is 16.4. The van der Waals surface area contributed by atoms with Crippen LogP contribution in [0.5, 0.6) is 0 Å². The molecule has 110 valence electrons. The molecule has 2 heterocycles. The summed E-state index contributed by atoms with van der Waals surface area (Å²) in [7, 11) is 0.